The summed E-state index contributed by atoms with van der Waals surface area (Å²) in [7, 11) is 0. The number of amides is 3. The van der Waals surface area contributed by atoms with E-state index in [1.165, 1.54) is 25.7 Å². The van der Waals surface area contributed by atoms with Crippen LogP contribution in [0.2, 0.25) is 0 Å². The third-order valence-corrected chi connectivity index (χ3v) is 6.79. The molecule has 4 rings (SSSR count). The molecule has 0 bridgehead atoms. The smallest absolute Gasteiger partial charge is 0.239 e. The number of benzene rings is 1. The zero-order valence-corrected chi connectivity index (χ0v) is 23.8. The first-order valence-electron chi connectivity index (χ1n) is 14.2. The summed E-state index contributed by atoms with van der Waals surface area (Å²) in [6.45, 7) is 7.93. The second-order valence-electron chi connectivity index (χ2n) is 10.6. The molecule has 11 nitrogen and oxygen atoms in total. The SMILES string of the molecule is CC(Cc1cccc(O)c1)NC(=O)CNC(=O)CN1CCOCC1.CC1CO1.O=CN[C@H](C=O)CC1CCCC1. The van der Waals surface area contributed by atoms with Crippen LogP contribution in [0.4, 0.5) is 0 Å². The molecule has 3 amide bonds. The first-order valence-corrected chi connectivity index (χ1v) is 14.2. The fraction of sp³-hybridized carbons (Fsp3) is 0.655. The van der Waals surface area contributed by atoms with Crippen molar-refractivity contribution in [3.63, 3.8) is 0 Å². The second-order valence-corrected chi connectivity index (χ2v) is 10.6. The van der Waals surface area contributed by atoms with Crippen molar-refractivity contribution in [1.29, 1.82) is 0 Å². The van der Waals surface area contributed by atoms with Crippen molar-refractivity contribution in [1.82, 2.24) is 20.9 Å². The standard InChI is InChI=1S/C17H25N3O4.C9H15NO2.C3H6O/c1-13(9-14-3-2-4-15(21)10-14)19-16(22)11-18-17(23)12-20-5-7-24-8-6-20;11-6-9(10-7-12)5-8-3-1-2-4-8;1-3-2-4-3/h2-4,10,13,21H,5-9,11-12H2,1H3,(H,18,23)(H,19,22);6-9H,1-5H2,(H,10,12);3H,2H2,1H3/t;9-;/m.0./s1. The van der Waals surface area contributed by atoms with Gasteiger partial charge < -0.3 is 35.3 Å². The number of morpholine rings is 1. The van der Waals surface area contributed by atoms with Gasteiger partial charge in [-0.2, -0.15) is 0 Å². The van der Waals surface area contributed by atoms with Crippen LogP contribution in [0.1, 0.15) is 51.5 Å². The lowest BCUT2D eigenvalue weighted by atomic mass is 9.99. The van der Waals surface area contributed by atoms with Gasteiger partial charge in [0.15, 0.2) is 0 Å². The fourth-order valence-corrected chi connectivity index (χ4v) is 4.56. The average molecular weight is 563 g/mol. The minimum atomic E-state index is -0.259. The molecule has 3 fully saturated rings. The highest BCUT2D eigenvalue weighted by Gasteiger charge is 2.19. The number of hydrogen-bond donors (Lipinski definition) is 4. The molecule has 224 valence electrons. The Bertz CT molecular complexity index is 900. The molecule has 0 radical (unpaired) electrons. The number of phenolic OH excluding ortho intramolecular Hbond substituents is 1. The molecule has 1 aliphatic carbocycles. The quantitative estimate of drug-likeness (QED) is 0.219. The van der Waals surface area contributed by atoms with E-state index in [4.69, 9.17) is 9.47 Å². The van der Waals surface area contributed by atoms with Gasteiger partial charge in [-0.25, -0.2) is 0 Å². The largest absolute Gasteiger partial charge is 0.508 e. The third-order valence-electron chi connectivity index (χ3n) is 6.79. The molecular weight excluding hydrogens is 516 g/mol. The maximum absolute atomic E-state index is 11.9. The van der Waals surface area contributed by atoms with Gasteiger partial charge in [-0.3, -0.25) is 19.3 Å². The molecule has 4 N–H and O–H groups in total. The molecule has 0 spiro atoms. The molecule has 3 atom stereocenters. The van der Waals surface area contributed by atoms with Crippen LogP contribution in [0.25, 0.3) is 0 Å². The molecule has 3 aliphatic rings. The Balaban J connectivity index is 0.000000287. The van der Waals surface area contributed by atoms with Crippen molar-refractivity contribution in [3.05, 3.63) is 29.8 Å². The van der Waals surface area contributed by atoms with Gasteiger partial charge in [0.1, 0.15) is 12.0 Å². The third kappa shape index (κ3) is 15.5. The van der Waals surface area contributed by atoms with Crippen molar-refractivity contribution in [2.75, 3.05) is 46.0 Å². The van der Waals surface area contributed by atoms with E-state index in [1.807, 2.05) is 17.9 Å². The highest BCUT2D eigenvalue weighted by atomic mass is 16.6. The predicted molar refractivity (Wildman–Crippen MR) is 151 cm³/mol. The molecular formula is C29H46N4O7. The van der Waals surface area contributed by atoms with Crippen molar-refractivity contribution < 1.29 is 33.8 Å². The van der Waals surface area contributed by atoms with Gasteiger partial charge in [-0.1, -0.05) is 37.8 Å². The molecule has 1 saturated carbocycles. The van der Waals surface area contributed by atoms with Crippen LogP contribution >= 0.6 is 0 Å². The van der Waals surface area contributed by atoms with E-state index in [0.717, 1.165) is 38.0 Å². The monoisotopic (exact) mass is 562 g/mol. The number of carbonyl (C=O) groups is 4. The Kier molecular flexibility index (Phi) is 15.9. The van der Waals surface area contributed by atoms with Crippen LogP contribution in [0.5, 0.6) is 5.75 Å². The Labute approximate surface area is 237 Å². The summed E-state index contributed by atoms with van der Waals surface area (Å²) in [5.74, 6) is 0.472. The maximum Gasteiger partial charge on any atom is 0.239 e. The number of ether oxygens (including phenoxy) is 2. The Morgan fingerprint density at radius 3 is 2.40 bits per heavy atom. The number of phenols is 1. The normalized spacial score (nSPS) is 19.9. The lowest BCUT2D eigenvalue weighted by Crippen LogP contribution is -2.46. The number of aromatic hydroxyl groups is 1. The molecule has 1 aromatic carbocycles. The van der Waals surface area contributed by atoms with E-state index in [1.54, 1.807) is 18.2 Å². The number of hydrogen-bond acceptors (Lipinski definition) is 8. The lowest BCUT2D eigenvalue weighted by molar-refractivity contribution is -0.127. The van der Waals surface area contributed by atoms with Crippen LogP contribution in [0.15, 0.2) is 24.3 Å². The number of epoxide rings is 1. The highest BCUT2D eigenvalue weighted by molar-refractivity contribution is 5.85. The molecule has 11 heteroatoms. The predicted octanol–water partition coefficient (Wildman–Crippen LogP) is 1.17. The Morgan fingerprint density at radius 1 is 1.15 bits per heavy atom. The van der Waals surface area contributed by atoms with E-state index in [2.05, 4.69) is 22.9 Å². The molecule has 2 unspecified atom stereocenters. The van der Waals surface area contributed by atoms with Crippen molar-refractivity contribution in [2.45, 2.75) is 70.6 Å². The fourth-order valence-electron chi connectivity index (χ4n) is 4.56. The molecule has 1 aromatic rings. The molecule has 2 saturated heterocycles. The van der Waals surface area contributed by atoms with Gasteiger partial charge in [0.2, 0.25) is 18.2 Å². The second kappa shape index (κ2) is 19.1. The van der Waals surface area contributed by atoms with Crippen molar-refractivity contribution in [3.8, 4) is 5.75 Å². The first-order chi connectivity index (χ1) is 19.3. The van der Waals surface area contributed by atoms with Gasteiger partial charge in [0, 0.05) is 19.1 Å². The Hall–Kier alpha value is -3.02. The summed E-state index contributed by atoms with van der Waals surface area (Å²) in [4.78, 5) is 46.3. The summed E-state index contributed by atoms with van der Waals surface area (Å²) >= 11 is 0. The van der Waals surface area contributed by atoms with Crippen LogP contribution in [0.3, 0.4) is 0 Å². The van der Waals surface area contributed by atoms with E-state index >= 15 is 0 Å². The van der Waals surface area contributed by atoms with E-state index < -0.39 is 0 Å². The highest BCUT2D eigenvalue weighted by Crippen LogP contribution is 2.28. The molecule has 40 heavy (non-hydrogen) atoms. The maximum atomic E-state index is 11.9. The van der Waals surface area contributed by atoms with Crippen LogP contribution in [0, 0.1) is 5.92 Å². The van der Waals surface area contributed by atoms with Gasteiger partial charge in [0.05, 0.1) is 45.1 Å². The van der Waals surface area contributed by atoms with Gasteiger partial charge >= 0.3 is 0 Å². The first kappa shape index (κ1) is 33.2. The number of nitrogens with one attached hydrogen (secondary N) is 3. The van der Waals surface area contributed by atoms with Gasteiger partial charge in [-0.15, -0.1) is 0 Å². The number of nitrogens with zero attached hydrogens (tertiary/aromatic N) is 1. The summed E-state index contributed by atoms with van der Waals surface area (Å²) in [5, 5.41) is 17.4. The summed E-state index contributed by atoms with van der Waals surface area (Å²) in [5.41, 5.74) is 0.944. The summed E-state index contributed by atoms with van der Waals surface area (Å²) < 4.78 is 9.93. The van der Waals surface area contributed by atoms with Crippen LogP contribution in [-0.2, 0) is 35.1 Å². The zero-order valence-electron chi connectivity index (χ0n) is 23.8. The zero-order chi connectivity index (χ0) is 29.2. The number of aldehydes is 1. The topological polar surface area (TPSA) is 150 Å². The molecule has 0 aromatic heterocycles. The van der Waals surface area contributed by atoms with Gasteiger partial charge in [0.25, 0.3) is 0 Å². The Morgan fingerprint density at radius 2 is 1.82 bits per heavy atom. The molecule has 2 aliphatic heterocycles. The minimum Gasteiger partial charge on any atom is -0.508 e. The summed E-state index contributed by atoms with van der Waals surface area (Å²) in [6, 6.07) is 6.60. The van der Waals surface area contributed by atoms with Crippen molar-refractivity contribution >= 4 is 24.5 Å². The number of rotatable bonds is 12. The van der Waals surface area contributed by atoms with Crippen LogP contribution < -0.4 is 16.0 Å². The van der Waals surface area contributed by atoms with E-state index in [-0.39, 0.29) is 42.7 Å². The van der Waals surface area contributed by atoms with Crippen molar-refractivity contribution in [2.24, 2.45) is 5.92 Å². The summed E-state index contributed by atoms with van der Waals surface area (Å²) in [6.07, 6.45) is 8.43. The van der Waals surface area contributed by atoms with E-state index in [0.29, 0.717) is 38.1 Å². The lowest BCUT2D eigenvalue weighted by Gasteiger charge is -2.25. The molecule has 2 heterocycles. The van der Waals surface area contributed by atoms with E-state index in [9.17, 15) is 24.3 Å². The minimum absolute atomic E-state index is 0.0342. The average Bonchev–Trinajstić information content (AvgIpc) is 3.54. The number of carbonyl (C=O) groups excluding carboxylic acids is 4. The van der Waals surface area contributed by atoms with Gasteiger partial charge in [-0.05, 0) is 50.3 Å². The van der Waals surface area contributed by atoms with Crippen LogP contribution in [-0.4, -0.2) is 98.7 Å².